The lowest BCUT2D eigenvalue weighted by molar-refractivity contribution is 0.365. The molecule has 0 aliphatic heterocycles. The van der Waals surface area contributed by atoms with Gasteiger partial charge in [0, 0.05) is 0 Å². The maximum atomic E-state index is 8.31. The van der Waals surface area contributed by atoms with Crippen molar-refractivity contribution in [2.75, 3.05) is 6.61 Å². The molecule has 0 amide bonds. The summed E-state index contributed by atoms with van der Waals surface area (Å²) in [6, 6.07) is 7.86. The number of rotatable bonds is 2. The van der Waals surface area contributed by atoms with Gasteiger partial charge in [-0.3, -0.25) is 0 Å². The molecule has 0 N–H and O–H groups in total. The normalized spacial score (nSPS) is 9.08. The fourth-order valence-corrected chi connectivity index (χ4v) is 1.32. The van der Waals surface area contributed by atoms with E-state index in [-0.39, 0.29) is 6.61 Å². The predicted octanol–water partition coefficient (Wildman–Crippen LogP) is 2.50. The van der Waals surface area contributed by atoms with E-state index in [2.05, 4.69) is 22.6 Å². The van der Waals surface area contributed by atoms with Gasteiger partial charge in [0.15, 0.2) is 6.61 Å². The average Bonchev–Trinajstić information content (AvgIpc) is 2.07. The first-order valence-corrected chi connectivity index (χ1v) is 4.58. The van der Waals surface area contributed by atoms with Crippen LogP contribution in [0.1, 0.15) is 5.56 Å². The van der Waals surface area contributed by atoms with Crippen molar-refractivity contribution in [1.29, 1.82) is 5.26 Å². The van der Waals surface area contributed by atoms with Crippen LogP contribution in [0, 0.1) is 21.8 Å². The molecule has 62 valence electrons. The van der Waals surface area contributed by atoms with Crippen LogP contribution in [0.25, 0.3) is 0 Å². The molecule has 0 unspecified atom stereocenters. The second kappa shape index (κ2) is 4.31. The Morgan fingerprint density at radius 2 is 2.33 bits per heavy atom. The van der Waals surface area contributed by atoms with Crippen LogP contribution in [0.3, 0.4) is 0 Å². The van der Waals surface area contributed by atoms with Crippen LogP contribution >= 0.6 is 22.6 Å². The monoisotopic (exact) mass is 273 g/mol. The molecule has 1 aromatic carbocycles. The lowest BCUT2D eigenvalue weighted by Crippen LogP contribution is -1.95. The third-order valence-electron chi connectivity index (χ3n) is 1.38. The zero-order chi connectivity index (χ0) is 8.97. The highest BCUT2D eigenvalue weighted by molar-refractivity contribution is 14.1. The zero-order valence-corrected chi connectivity index (χ0v) is 8.83. The van der Waals surface area contributed by atoms with Gasteiger partial charge < -0.3 is 4.74 Å². The van der Waals surface area contributed by atoms with Gasteiger partial charge in [-0.15, -0.1) is 0 Å². The zero-order valence-electron chi connectivity index (χ0n) is 6.67. The van der Waals surface area contributed by atoms with E-state index in [0.29, 0.717) is 0 Å². The number of hydrogen-bond donors (Lipinski definition) is 0. The summed E-state index contributed by atoms with van der Waals surface area (Å²) in [5, 5.41) is 8.31. The summed E-state index contributed by atoms with van der Waals surface area (Å²) < 4.78 is 6.23. The number of nitriles is 1. The molecule has 12 heavy (non-hydrogen) atoms. The molecule has 0 radical (unpaired) electrons. The van der Waals surface area contributed by atoms with Crippen LogP contribution < -0.4 is 4.74 Å². The summed E-state index contributed by atoms with van der Waals surface area (Å²) in [6.45, 7) is 2.11. The maximum absolute atomic E-state index is 8.31. The highest BCUT2D eigenvalue weighted by Gasteiger charge is 1.99. The second-order valence-corrected chi connectivity index (χ2v) is 3.54. The van der Waals surface area contributed by atoms with E-state index in [1.807, 2.05) is 31.2 Å². The minimum atomic E-state index is 0.111. The summed E-state index contributed by atoms with van der Waals surface area (Å²) in [4.78, 5) is 0. The van der Waals surface area contributed by atoms with E-state index in [4.69, 9.17) is 10.00 Å². The molecule has 0 aliphatic rings. The quantitative estimate of drug-likeness (QED) is 0.775. The fraction of sp³-hybridized carbons (Fsp3) is 0.222. The summed E-state index contributed by atoms with van der Waals surface area (Å²) in [5.74, 6) is 0.789. The van der Waals surface area contributed by atoms with Gasteiger partial charge in [0.2, 0.25) is 0 Å². The number of aryl methyl sites for hydroxylation is 1. The van der Waals surface area contributed by atoms with Gasteiger partial charge in [-0.25, -0.2) is 0 Å². The number of nitrogens with zero attached hydrogens (tertiary/aromatic N) is 1. The average molecular weight is 273 g/mol. The van der Waals surface area contributed by atoms with E-state index >= 15 is 0 Å². The predicted molar refractivity (Wildman–Crippen MR) is 55.0 cm³/mol. The van der Waals surface area contributed by atoms with Gasteiger partial charge in [-0.1, -0.05) is 6.07 Å². The molecule has 0 saturated heterocycles. The Balaban J connectivity index is 2.84. The lowest BCUT2D eigenvalue weighted by Gasteiger charge is -2.04. The molecule has 0 aliphatic carbocycles. The Bertz CT molecular complexity index is 317. The molecule has 0 spiro atoms. The topological polar surface area (TPSA) is 33.0 Å². The van der Waals surface area contributed by atoms with E-state index < -0.39 is 0 Å². The first-order valence-electron chi connectivity index (χ1n) is 3.50. The Kier molecular flexibility index (Phi) is 3.35. The third-order valence-corrected chi connectivity index (χ3v) is 2.27. The third kappa shape index (κ3) is 2.38. The van der Waals surface area contributed by atoms with Gasteiger partial charge in [0.25, 0.3) is 0 Å². The van der Waals surface area contributed by atoms with E-state index in [9.17, 15) is 0 Å². The lowest BCUT2D eigenvalue weighted by atomic mass is 10.2. The summed E-state index contributed by atoms with van der Waals surface area (Å²) in [7, 11) is 0. The highest BCUT2D eigenvalue weighted by atomic mass is 127. The molecule has 0 heterocycles. The van der Waals surface area contributed by atoms with Crippen molar-refractivity contribution in [3.05, 3.63) is 27.3 Å². The Morgan fingerprint density at radius 3 is 3.00 bits per heavy atom. The Labute approximate surface area is 85.3 Å². The largest absolute Gasteiger partial charge is 0.478 e. The SMILES string of the molecule is Cc1ccc(I)c(OCC#N)c1. The van der Waals surface area contributed by atoms with E-state index in [1.54, 1.807) is 0 Å². The summed E-state index contributed by atoms with van der Waals surface area (Å²) in [5.41, 5.74) is 1.14. The molecule has 0 saturated carbocycles. The summed E-state index contributed by atoms with van der Waals surface area (Å²) in [6.07, 6.45) is 0. The number of benzene rings is 1. The van der Waals surface area contributed by atoms with Gasteiger partial charge in [0.1, 0.15) is 11.8 Å². The molecule has 0 bridgehead atoms. The van der Waals surface area contributed by atoms with Gasteiger partial charge in [0.05, 0.1) is 3.57 Å². The minimum absolute atomic E-state index is 0.111. The smallest absolute Gasteiger partial charge is 0.174 e. The van der Waals surface area contributed by atoms with Crippen LogP contribution in [0.2, 0.25) is 0 Å². The first-order chi connectivity index (χ1) is 5.74. The number of hydrogen-bond acceptors (Lipinski definition) is 2. The molecule has 0 fully saturated rings. The van der Waals surface area contributed by atoms with Crippen LogP contribution in [0.4, 0.5) is 0 Å². The molecule has 1 rings (SSSR count). The van der Waals surface area contributed by atoms with Crippen molar-refractivity contribution >= 4 is 22.6 Å². The Hall–Kier alpha value is -0.760. The van der Waals surface area contributed by atoms with Crippen LogP contribution in [-0.4, -0.2) is 6.61 Å². The van der Waals surface area contributed by atoms with E-state index in [0.717, 1.165) is 14.9 Å². The van der Waals surface area contributed by atoms with Crippen molar-refractivity contribution in [1.82, 2.24) is 0 Å². The minimum Gasteiger partial charge on any atom is -0.478 e. The molecule has 3 heteroatoms. The molecule has 0 atom stereocenters. The van der Waals surface area contributed by atoms with Gasteiger partial charge in [-0.05, 0) is 47.2 Å². The van der Waals surface area contributed by atoms with Crippen LogP contribution in [-0.2, 0) is 0 Å². The fourth-order valence-electron chi connectivity index (χ4n) is 0.831. The highest BCUT2D eigenvalue weighted by Crippen LogP contribution is 2.21. The second-order valence-electron chi connectivity index (χ2n) is 2.38. The van der Waals surface area contributed by atoms with Crippen molar-refractivity contribution < 1.29 is 4.74 Å². The van der Waals surface area contributed by atoms with Crippen molar-refractivity contribution in [2.45, 2.75) is 6.92 Å². The first kappa shape index (κ1) is 9.33. The molecule has 0 aromatic heterocycles. The van der Waals surface area contributed by atoms with Crippen molar-refractivity contribution in [2.24, 2.45) is 0 Å². The number of ether oxygens (including phenoxy) is 1. The van der Waals surface area contributed by atoms with Gasteiger partial charge >= 0.3 is 0 Å². The molecule has 1 aromatic rings. The van der Waals surface area contributed by atoms with Crippen molar-refractivity contribution in [3.8, 4) is 11.8 Å². The maximum Gasteiger partial charge on any atom is 0.174 e. The van der Waals surface area contributed by atoms with Crippen LogP contribution in [0.5, 0.6) is 5.75 Å². The standard InChI is InChI=1S/C9H8INO/c1-7-2-3-8(10)9(6-7)12-5-4-11/h2-3,6H,5H2,1H3. The van der Waals surface area contributed by atoms with Crippen LogP contribution in [0.15, 0.2) is 18.2 Å². The Morgan fingerprint density at radius 1 is 1.58 bits per heavy atom. The van der Waals surface area contributed by atoms with Crippen molar-refractivity contribution in [3.63, 3.8) is 0 Å². The van der Waals surface area contributed by atoms with E-state index in [1.165, 1.54) is 0 Å². The van der Waals surface area contributed by atoms with Gasteiger partial charge in [-0.2, -0.15) is 5.26 Å². The molecule has 2 nitrogen and oxygen atoms in total. The molecular weight excluding hydrogens is 265 g/mol. The number of halogens is 1. The molecular formula is C9H8INO. The summed E-state index contributed by atoms with van der Waals surface area (Å²) >= 11 is 2.18.